The van der Waals surface area contributed by atoms with Crippen molar-refractivity contribution in [1.29, 1.82) is 0 Å². The van der Waals surface area contributed by atoms with E-state index in [0.717, 1.165) is 5.39 Å². The van der Waals surface area contributed by atoms with Gasteiger partial charge in [-0.25, -0.2) is 9.78 Å². The Kier molecular flexibility index (Phi) is 3.99. The zero-order valence-corrected chi connectivity index (χ0v) is 13.2. The third-order valence-electron chi connectivity index (χ3n) is 3.80. The topological polar surface area (TPSA) is 87.3 Å². The van der Waals surface area contributed by atoms with E-state index in [2.05, 4.69) is 4.98 Å². The zero-order chi connectivity index (χ0) is 17.3. The fourth-order valence-corrected chi connectivity index (χ4v) is 2.68. The highest BCUT2D eigenvalue weighted by Gasteiger charge is 2.23. The van der Waals surface area contributed by atoms with Crippen LogP contribution in [0.1, 0.15) is 23.1 Å². The maximum atomic E-state index is 11.9. The van der Waals surface area contributed by atoms with E-state index in [1.807, 2.05) is 12.1 Å². The molecule has 1 heterocycles. The second-order valence-corrected chi connectivity index (χ2v) is 5.18. The molecular weight excluding hydrogens is 310 g/mol. The Morgan fingerprint density at radius 3 is 2.75 bits per heavy atom. The minimum atomic E-state index is -0.544. The molecule has 0 bridgehead atoms. The van der Waals surface area contributed by atoms with E-state index in [4.69, 9.17) is 4.74 Å². The van der Waals surface area contributed by atoms with Crippen LogP contribution in [0.4, 0.5) is 5.69 Å². The van der Waals surface area contributed by atoms with E-state index in [-0.39, 0.29) is 18.0 Å². The summed E-state index contributed by atoms with van der Waals surface area (Å²) in [6, 6.07) is 10.6. The van der Waals surface area contributed by atoms with Crippen LogP contribution in [0.3, 0.4) is 0 Å². The van der Waals surface area contributed by atoms with Crippen LogP contribution >= 0.6 is 0 Å². The number of nitro benzene ring substituents is 1. The highest BCUT2D eigenvalue weighted by molar-refractivity contribution is 5.95. The van der Waals surface area contributed by atoms with Gasteiger partial charge in [0.25, 0.3) is 0 Å². The number of esters is 1. The molecule has 3 rings (SSSR count). The normalized spacial score (nSPS) is 10.8. The first kappa shape index (κ1) is 15.7. The van der Waals surface area contributed by atoms with Gasteiger partial charge in [-0.2, -0.15) is 0 Å². The second kappa shape index (κ2) is 6.11. The molecule has 2 aromatic carbocycles. The van der Waals surface area contributed by atoms with Gasteiger partial charge in [-0.1, -0.05) is 24.3 Å². The second-order valence-electron chi connectivity index (χ2n) is 5.18. The maximum absolute atomic E-state index is 11.9. The van der Waals surface area contributed by atoms with Crippen molar-refractivity contribution in [2.45, 2.75) is 13.8 Å². The van der Waals surface area contributed by atoms with Crippen molar-refractivity contribution in [2.24, 2.45) is 0 Å². The van der Waals surface area contributed by atoms with Gasteiger partial charge >= 0.3 is 11.7 Å². The Balaban J connectivity index is 2.22. The summed E-state index contributed by atoms with van der Waals surface area (Å²) in [4.78, 5) is 27.2. The largest absolute Gasteiger partial charge is 0.461 e. The van der Waals surface area contributed by atoms with Crippen molar-refractivity contribution < 1.29 is 14.5 Å². The smallest absolute Gasteiger partial charge is 0.358 e. The molecule has 0 saturated heterocycles. The number of ether oxygens (including phenoxy) is 1. The molecule has 0 atom stereocenters. The molecule has 7 heteroatoms. The van der Waals surface area contributed by atoms with E-state index in [1.165, 1.54) is 10.9 Å². The van der Waals surface area contributed by atoms with E-state index < -0.39 is 10.9 Å². The number of carbonyl (C=O) groups excluding carboxylic acids is 1. The molecule has 0 unspecified atom stereocenters. The summed E-state index contributed by atoms with van der Waals surface area (Å²) in [5, 5.41) is 13.0. The van der Waals surface area contributed by atoms with E-state index in [0.29, 0.717) is 16.8 Å². The lowest BCUT2D eigenvalue weighted by molar-refractivity contribution is -0.382. The number of hydrogen-bond acceptors (Lipinski definition) is 5. The fourth-order valence-electron chi connectivity index (χ4n) is 2.68. The molecule has 0 radical (unpaired) electrons. The van der Waals surface area contributed by atoms with Crippen molar-refractivity contribution in [3.8, 4) is 5.69 Å². The van der Waals surface area contributed by atoms with Crippen molar-refractivity contribution in [1.82, 2.24) is 9.55 Å². The van der Waals surface area contributed by atoms with Gasteiger partial charge in [-0.15, -0.1) is 0 Å². The average molecular weight is 325 g/mol. The number of aromatic nitrogens is 2. The van der Waals surface area contributed by atoms with Gasteiger partial charge in [-0.3, -0.25) is 14.7 Å². The van der Waals surface area contributed by atoms with Crippen LogP contribution in [0.5, 0.6) is 0 Å². The Bertz CT molecular complexity index is 946. The van der Waals surface area contributed by atoms with Crippen LogP contribution in [0.2, 0.25) is 0 Å². The Hall–Kier alpha value is -3.22. The molecule has 0 aliphatic rings. The molecule has 0 amide bonds. The molecule has 0 aliphatic carbocycles. The van der Waals surface area contributed by atoms with Crippen molar-refractivity contribution >= 4 is 22.4 Å². The lowest BCUT2D eigenvalue weighted by atomic mass is 10.1. The molecule has 0 fully saturated rings. The van der Waals surface area contributed by atoms with Gasteiger partial charge in [0, 0.05) is 0 Å². The summed E-state index contributed by atoms with van der Waals surface area (Å²) in [5.41, 5.74) is 0.981. The van der Waals surface area contributed by atoms with Gasteiger partial charge in [0.15, 0.2) is 5.69 Å². The van der Waals surface area contributed by atoms with Gasteiger partial charge in [0.2, 0.25) is 0 Å². The molecule has 0 N–H and O–H groups in total. The Morgan fingerprint density at radius 2 is 2.04 bits per heavy atom. The lowest BCUT2D eigenvalue weighted by Crippen LogP contribution is -2.08. The highest BCUT2D eigenvalue weighted by Crippen LogP contribution is 2.33. The van der Waals surface area contributed by atoms with Gasteiger partial charge in [0.05, 0.1) is 22.6 Å². The Morgan fingerprint density at radius 1 is 1.29 bits per heavy atom. The van der Waals surface area contributed by atoms with E-state index >= 15 is 0 Å². The van der Waals surface area contributed by atoms with Crippen LogP contribution in [0.25, 0.3) is 16.5 Å². The molecule has 122 valence electrons. The summed E-state index contributed by atoms with van der Waals surface area (Å²) in [5.74, 6) is -0.544. The van der Waals surface area contributed by atoms with Crippen molar-refractivity contribution in [3.63, 3.8) is 0 Å². The molecule has 0 aliphatic heterocycles. The Labute approximate surface area is 137 Å². The summed E-state index contributed by atoms with van der Waals surface area (Å²) >= 11 is 0. The molecule has 24 heavy (non-hydrogen) atoms. The fraction of sp³-hybridized carbons (Fsp3) is 0.176. The summed E-state index contributed by atoms with van der Waals surface area (Å²) < 4.78 is 6.50. The average Bonchev–Trinajstić information content (AvgIpc) is 2.95. The SMILES string of the molecule is CCOC(=O)c1ncn(-c2ccc3ccccc3c2[N+](=O)[O-])c1C. The number of rotatable bonds is 4. The van der Waals surface area contributed by atoms with Crippen LogP contribution in [0.15, 0.2) is 42.7 Å². The minimum Gasteiger partial charge on any atom is -0.461 e. The standard InChI is InChI=1S/C17H15N3O4/c1-3-24-17(21)15-11(2)19(10-18-15)14-9-8-12-6-4-5-7-13(12)16(14)20(22)23/h4-10H,3H2,1-2H3. The minimum absolute atomic E-state index is 0.0241. The lowest BCUT2D eigenvalue weighted by Gasteiger charge is -2.09. The number of imidazole rings is 1. The predicted octanol–water partition coefficient (Wildman–Crippen LogP) is 3.42. The number of fused-ring (bicyclic) bond motifs is 1. The molecule has 7 nitrogen and oxygen atoms in total. The van der Waals surface area contributed by atoms with Gasteiger partial charge < -0.3 is 4.74 Å². The van der Waals surface area contributed by atoms with Crippen LogP contribution in [-0.2, 0) is 4.74 Å². The quantitative estimate of drug-likeness (QED) is 0.417. The third kappa shape index (κ3) is 2.50. The van der Waals surface area contributed by atoms with Gasteiger partial charge in [0.1, 0.15) is 12.0 Å². The van der Waals surface area contributed by atoms with Gasteiger partial charge in [-0.05, 0) is 31.4 Å². The molecule has 1 aromatic heterocycles. The van der Waals surface area contributed by atoms with Crippen molar-refractivity contribution in [2.75, 3.05) is 6.61 Å². The molecule has 0 spiro atoms. The number of hydrogen-bond donors (Lipinski definition) is 0. The van der Waals surface area contributed by atoms with E-state index in [9.17, 15) is 14.9 Å². The van der Waals surface area contributed by atoms with Crippen LogP contribution < -0.4 is 0 Å². The predicted molar refractivity (Wildman–Crippen MR) is 88.4 cm³/mol. The number of benzene rings is 2. The number of nitro groups is 1. The van der Waals surface area contributed by atoms with E-state index in [1.54, 1.807) is 38.1 Å². The molecule has 3 aromatic rings. The number of carbonyl (C=O) groups is 1. The summed E-state index contributed by atoms with van der Waals surface area (Å²) in [7, 11) is 0. The maximum Gasteiger partial charge on any atom is 0.358 e. The first-order chi connectivity index (χ1) is 11.5. The van der Waals surface area contributed by atoms with Crippen LogP contribution in [0, 0.1) is 17.0 Å². The van der Waals surface area contributed by atoms with Crippen molar-refractivity contribution in [3.05, 3.63) is 64.2 Å². The zero-order valence-electron chi connectivity index (χ0n) is 13.2. The third-order valence-corrected chi connectivity index (χ3v) is 3.80. The number of nitrogens with zero attached hydrogens (tertiary/aromatic N) is 3. The first-order valence-corrected chi connectivity index (χ1v) is 7.42. The monoisotopic (exact) mass is 325 g/mol. The molecule has 0 saturated carbocycles. The molecular formula is C17H15N3O4. The highest BCUT2D eigenvalue weighted by atomic mass is 16.6. The van der Waals surface area contributed by atoms with Crippen LogP contribution in [-0.4, -0.2) is 27.1 Å². The summed E-state index contributed by atoms with van der Waals surface area (Å²) in [6.07, 6.45) is 1.40. The summed E-state index contributed by atoms with van der Waals surface area (Å²) in [6.45, 7) is 3.62. The first-order valence-electron chi connectivity index (χ1n) is 7.42.